The molecule has 2 aromatic carbocycles. The fraction of sp³-hybridized carbons (Fsp3) is 0.333. The zero-order valence-corrected chi connectivity index (χ0v) is 17.8. The lowest BCUT2D eigenvalue weighted by molar-refractivity contribution is -0.115. The number of halogens is 1. The Kier molecular flexibility index (Phi) is 7.81. The maximum Gasteiger partial charge on any atom is 0.252 e. The van der Waals surface area contributed by atoms with Crippen LogP contribution in [-0.2, 0) is 16.0 Å². The van der Waals surface area contributed by atoms with Gasteiger partial charge in [-0.25, -0.2) is 0 Å². The smallest absolute Gasteiger partial charge is 0.252 e. The number of morpholine rings is 1. The van der Waals surface area contributed by atoms with Crippen LogP contribution in [-0.4, -0.2) is 56.1 Å². The predicted octanol–water partition coefficient (Wildman–Crippen LogP) is 2.53. The molecular formula is C21H24IN3O3. The first kappa shape index (κ1) is 20.8. The summed E-state index contributed by atoms with van der Waals surface area (Å²) in [4.78, 5) is 26.7. The lowest BCUT2D eigenvalue weighted by Crippen LogP contribution is -2.37. The molecule has 0 aromatic heterocycles. The summed E-state index contributed by atoms with van der Waals surface area (Å²) in [5, 5.41) is 5.47. The summed E-state index contributed by atoms with van der Waals surface area (Å²) < 4.78 is 6.21. The van der Waals surface area contributed by atoms with E-state index in [4.69, 9.17) is 4.74 Å². The highest BCUT2D eigenvalue weighted by molar-refractivity contribution is 14.1. The van der Waals surface area contributed by atoms with Gasteiger partial charge in [0.25, 0.3) is 5.91 Å². The average Bonchev–Trinajstić information content (AvgIpc) is 2.72. The molecule has 28 heavy (non-hydrogen) atoms. The topological polar surface area (TPSA) is 70.7 Å². The fourth-order valence-electron chi connectivity index (χ4n) is 2.97. The lowest BCUT2D eigenvalue weighted by atomic mass is 10.1. The summed E-state index contributed by atoms with van der Waals surface area (Å²) in [6.07, 6.45) is 0.972. The van der Waals surface area contributed by atoms with Gasteiger partial charge in [0.1, 0.15) is 0 Å². The summed E-state index contributed by atoms with van der Waals surface area (Å²) in [5.41, 5.74) is 2.53. The number of carbonyl (C=O) groups excluding carboxylic acids is 2. The summed E-state index contributed by atoms with van der Waals surface area (Å²) in [7, 11) is 0. The normalized spacial score (nSPS) is 14.5. The second-order valence-electron chi connectivity index (χ2n) is 6.61. The fourth-order valence-corrected chi connectivity index (χ4v) is 3.61. The molecule has 2 N–H and O–H groups in total. The highest BCUT2D eigenvalue weighted by Crippen LogP contribution is 2.12. The molecule has 7 heteroatoms. The zero-order chi connectivity index (χ0) is 19.8. The van der Waals surface area contributed by atoms with E-state index in [1.807, 2.05) is 36.4 Å². The van der Waals surface area contributed by atoms with E-state index in [1.165, 1.54) is 5.56 Å². The summed E-state index contributed by atoms with van der Waals surface area (Å²) in [6.45, 7) is 4.54. The molecule has 3 rings (SSSR count). The highest BCUT2D eigenvalue weighted by atomic mass is 127. The van der Waals surface area contributed by atoms with Crippen molar-refractivity contribution in [3.05, 3.63) is 63.2 Å². The van der Waals surface area contributed by atoms with Crippen LogP contribution in [0.2, 0.25) is 0 Å². The van der Waals surface area contributed by atoms with Gasteiger partial charge in [-0.15, -0.1) is 0 Å². The first-order valence-corrected chi connectivity index (χ1v) is 10.4. The van der Waals surface area contributed by atoms with Crippen molar-refractivity contribution in [2.45, 2.75) is 6.42 Å². The van der Waals surface area contributed by atoms with Crippen LogP contribution < -0.4 is 10.6 Å². The number of carbonyl (C=O) groups is 2. The minimum atomic E-state index is -0.251. The van der Waals surface area contributed by atoms with Gasteiger partial charge in [-0.1, -0.05) is 24.3 Å². The Morgan fingerprint density at radius 1 is 1.04 bits per heavy atom. The number of nitrogens with zero attached hydrogens (tertiary/aromatic N) is 1. The Hall–Kier alpha value is -1.97. The molecule has 1 fully saturated rings. The molecule has 1 heterocycles. The van der Waals surface area contributed by atoms with Crippen LogP contribution in [0.4, 0.5) is 5.69 Å². The van der Waals surface area contributed by atoms with Crippen molar-refractivity contribution in [1.82, 2.24) is 10.2 Å². The number of nitrogens with one attached hydrogen (secondary N) is 2. The van der Waals surface area contributed by atoms with Crippen LogP contribution in [0.25, 0.3) is 0 Å². The van der Waals surface area contributed by atoms with Gasteiger partial charge in [0.15, 0.2) is 0 Å². The molecule has 0 spiro atoms. The molecule has 0 unspecified atom stereocenters. The van der Waals surface area contributed by atoms with Gasteiger partial charge in [0, 0.05) is 28.9 Å². The van der Waals surface area contributed by atoms with Crippen molar-refractivity contribution in [1.29, 1.82) is 0 Å². The molecule has 0 atom stereocenters. The standard InChI is InChI=1S/C21H24IN3O3/c22-19-4-2-1-3-18(19)21(27)23-15-20(26)24-17-7-5-16(6-8-17)9-10-25-11-13-28-14-12-25/h1-8H,9-15H2,(H,23,27)(H,24,26). The van der Waals surface area contributed by atoms with Crippen LogP contribution in [0.1, 0.15) is 15.9 Å². The molecule has 2 aromatic rings. The average molecular weight is 493 g/mol. The van der Waals surface area contributed by atoms with Crippen LogP contribution >= 0.6 is 22.6 Å². The Morgan fingerprint density at radius 3 is 2.46 bits per heavy atom. The molecule has 0 saturated carbocycles. The van der Waals surface area contributed by atoms with Crippen molar-refractivity contribution in [3.8, 4) is 0 Å². The zero-order valence-electron chi connectivity index (χ0n) is 15.6. The molecule has 148 valence electrons. The van der Waals surface area contributed by atoms with Crippen molar-refractivity contribution in [3.63, 3.8) is 0 Å². The first-order chi connectivity index (χ1) is 13.6. The third-order valence-electron chi connectivity index (χ3n) is 4.59. The SMILES string of the molecule is O=C(CNC(=O)c1ccccc1I)Nc1ccc(CCN2CCOCC2)cc1. The van der Waals surface area contributed by atoms with Crippen molar-refractivity contribution in [2.75, 3.05) is 44.7 Å². The molecule has 1 aliphatic heterocycles. The molecule has 0 aliphatic carbocycles. The lowest BCUT2D eigenvalue weighted by Gasteiger charge is -2.26. The quantitative estimate of drug-likeness (QED) is 0.582. The molecule has 6 nitrogen and oxygen atoms in total. The van der Waals surface area contributed by atoms with Crippen molar-refractivity contribution >= 4 is 40.1 Å². The van der Waals surface area contributed by atoms with E-state index in [0.29, 0.717) is 5.56 Å². The van der Waals surface area contributed by atoms with E-state index in [-0.39, 0.29) is 18.4 Å². The second-order valence-corrected chi connectivity index (χ2v) is 7.77. The second kappa shape index (κ2) is 10.5. The molecular weight excluding hydrogens is 469 g/mol. The molecule has 2 amide bonds. The summed E-state index contributed by atoms with van der Waals surface area (Å²) >= 11 is 2.10. The first-order valence-electron chi connectivity index (χ1n) is 9.33. The Labute approximate surface area is 178 Å². The molecule has 0 radical (unpaired) electrons. The number of ether oxygens (including phenoxy) is 1. The summed E-state index contributed by atoms with van der Waals surface area (Å²) in [6, 6.07) is 15.1. The predicted molar refractivity (Wildman–Crippen MR) is 118 cm³/mol. The highest BCUT2D eigenvalue weighted by Gasteiger charge is 2.12. The van der Waals surface area contributed by atoms with Gasteiger partial charge in [-0.3, -0.25) is 14.5 Å². The van der Waals surface area contributed by atoms with E-state index in [1.54, 1.807) is 12.1 Å². The number of benzene rings is 2. The van der Waals surface area contributed by atoms with Gasteiger partial charge < -0.3 is 15.4 Å². The van der Waals surface area contributed by atoms with E-state index < -0.39 is 0 Å². The monoisotopic (exact) mass is 493 g/mol. The van der Waals surface area contributed by atoms with Crippen LogP contribution in [0, 0.1) is 3.57 Å². The number of amides is 2. The third-order valence-corrected chi connectivity index (χ3v) is 5.53. The van der Waals surface area contributed by atoms with Crippen LogP contribution in [0.15, 0.2) is 48.5 Å². The minimum Gasteiger partial charge on any atom is -0.379 e. The molecule has 1 aliphatic rings. The summed E-state index contributed by atoms with van der Waals surface area (Å²) in [5.74, 6) is -0.501. The van der Waals surface area contributed by atoms with Crippen molar-refractivity contribution < 1.29 is 14.3 Å². The maximum absolute atomic E-state index is 12.2. The number of anilines is 1. The van der Waals surface area contributed by atoms with Gasteiger partial charge in [0.2, 0.25) is 5.91 Å². The largest absolute Gasteiger partial charge is 0.379 e. The van der Waals surface area contributed by atoms with E-state index >= 15 is 0 Å². The third kappa shape index (κ3) is 6.29. The molecule has 1 saturated heterocycles. The number of hydrogen-bond acceptors (Lipinski definition) is 4. The van der Waals surface area contributed by atoms with Gasteiger partial charge in [0.05, 0.1) is 25.3 Å². The molecule has 0 bridgehead atoms. The minimum absolute atomic E-state index is 0.0669. The Balaban J connectivity index is 1.42. The number of hydrogen-bond donors (Lipinski definition) is 2. The van der Waals surface area contributed by atoms with Crippen molar-refractivity contribution in [2.24, 2.45) is 0 Å². The van der Waals surface area contributed by atoms with E-state index in [0.717, 1.165) is 48.5 Å². The van der Waals surface area contributed by atoms with Crippen LogP contribution in [0.3, 0.4) is 0 Å². The van der Waals surface area contributed by atoms with Gasteiger partial charge in [-0.05, 0) is 58.8 Å². The van der Waals surface area contributed by atoms with E-state index in [9.17, 15) is 9.59 Å². The van der Waals surface area contributed by atoms with Gasteiger partial charge in [-0.2, -0.15) is 0 Å². The van der Waals surface area contributed by atoms with Crippen LogP contribution in [0.5, 0.6) is 0 Å². The Morgan fingerprint density at radius 2 is 1.75 bits per heavy atom. The Bertz CT molecular complexity index is 805. The number of rotatable bonds is 7. The maximum atomic E-state index is 12.2. The van der Waals surface area contributed by atoms with Gasteiger partial charge >= 0.3 is 0 Å². The van der Waals surface area contributed by atoms with E-state index in [2.05, 4.69) is 38.1 Å².